The average Bonchev–Trinajstić information content (AvgIpc) is 3.12. The van der Waals surface area contributed by atoms with Crippen LogP contribution in [0.25, 0.3) is 0 Å². The predicted molar refractivity (Wildman–Crippen MR) is 93.3 cm³/mol. The molecule has 2 amide bonds. The van der Waals surface area contributed by atoms with Crippen LogP contribution < -0.4 is 24.8 Å². The summed E-state index contributed by atoms with van der Waals surface area (Å²) in [7, 11) is 0. The van der Waals surface area contributed by atoms with Crippen LogP contribution in [0.3, 0.4) is 0 Å². The maximum atomic E-state index is 12.0. The molecule has 0 unspecified atom stereocenters. The van der Waals surface area contributed by atoms with Crippen LogP contribution in [0.1, 0.15) is 17.5 Å². The molecule has 2 aromatic carbocycles. The number of hydrogen-bond donors (Lipinski definition) is 2. The second-order valence-electron chi connectivity index (χ2n) is 6.12. The van der Waals surface area contributed by atoms with Gasteiger partial charge in [-0.3, -0.25) is 9.59 Å². The van der Waals surface area contributed by atoms with E-state index in [1.54, 1.807) is 12.1 Å². The van der Waals surface area contributed by atoms with E-state index in [-0.39, 0.29) is 25.2 Å². The lowest BCUT2D eigenvalue weighted by molar-refractivity contribution is -0.123. The van der Waals surface area contributed by atoms with Crippen LogP contribution in [0.4, 0.5) is 5.69 Å². The van der Waals surface area contributed by atoms with E-state index >= 15 is 0 Å². The molecular formula is C19H18N2O5. The van der Waals surface area contributed by atoms with E-state index in [9.17, 15) is 9.59 Å². The molecular weight excluding hydrogens is 336 g/mol. The maximum absolute atomic E-state index is 12.0. The summed E-state index contributed by atoms with van der Waals surface area (Å²) in [6.45, 7) is 0.536. The van der Waals surface area contributed by atoms with Crippen LogP contribution in [0, 0.1) is 0 Å². The van der Waals surface area contributed by atoms with Gasteiger partial charge in [-0.25, -0.2) is 0 Å². The molecule has 2 heterocycles. The van der Waals surface area contributed by atoms with Crippen LogP contribution in [-0.2, 0) is 22.6 Å². The van der Waals surface area contributed by atoms with Crippen molar-refractivity contribution in [2.45, 2.75) is 19.4 Å². The Labute approximate surface area is 150 Å². The van der Waals surface area contributed by atoms with E-state index < -0.39 is 0 Å². The van der Waals surface area contributed by atoms with Crippen molar-refractivity contribution < 1.29 is 23.8 Å². The highest BCUT2D eigenvalue weighted by molar-refractivity contribution is 5.94. The van der Waals surface area contributed by atoms with E-state index in [2.05, 4.69) is 10.6 Å². The number of rotatable bonds is 5. The molecule has 0 atom stereocenters. The van der Waals surface area contributed by atoms with Gasteiger partial charge in [-0.15, -0.1) is 0 Å². The zero-order valence-corrected chi connectivity index (χ0v) is 14.0. The minimum atomic E-state index is -0.214. The van der Waals surface area contributed by atoms with Gasteiger partial charge in [-0.1, -0.05) is 6.07 Å². The quantitative estimate of drug-likeness (QED) is 0.858. The van der Waals surface area contributed by atoms with E-state index in [1.165, 1.54) is 0 Å². The van der Waals surface area contributed by atoms with Gasteiger partial charge in [-0.2, -0.15) is 0 Å². The van der Waals surface area contributed by atoms with Crippen LogP contribution in [0.5, 0.6) is 17.2 Å². The molecule has 7 nitrogen and oxygen atoms in total. The first-order chi connectivity index (χ1) is 12.7. The van der Waals surface area contributed by atoms with Crippen molar-refractivity contribution in [1.82, 2.24) is 5.32 Å². The molecule has 0 spiro atoms. The molecule has 2 aliphatic heterocycles. The molecule has 26 heavy (non-hydrogen) atoms. The lowest BCUT2D eigenvalue weighted by atomic mass is 10.0. The number of nitrogens with one attached hydrogen (secondary N) is 2. The van der Waals surface area contributed by atoms with E-state index in [4.69, 9.17) is 14.2 Å². The number of ether oxygens (including phenoxy) is 3. The summed E-state index contributed by atoms with van der Waals surface area (Å²) in [5.74, 6) is 1.82. The standard InChI is InChI=1S/C19H18N2O5/c22-18-6-2-13-8-14(3-4-15(13)21-18)24-10-19(23)20-9-12-1-5-16-17(7-12)26-11-25-16/h1,3-5,7-8H,2,6,9-11H2,(H,20,23)(H,21,22). The largest absolute Gasteiger partial charge is 0.484 e. The normalized spacial score (nSPS) is 14.4. The average molecular weight is 354 g/mol. The van der Waals surface area contributed by atoms with Gasteiger partial charge in [0.05, 0.1) is 0 Å². The highest BCUT2D eigenvalue weighted by atomic mass is 16.7. The van der Waals surface area contributed by atoms with Crippen LogP contribution in [0.2, 0.25) is 0 Å². The summed E-state index contributed by atoms with van der Waals surface area (Å²) in [6.07, 6.45) is 1.14. The second kappa shape index (κ2) is 6.95. The molecule has 2 aliphatic rings. The lowest BCUT2D eigenvalue weighted by Crippen LogP contribution is -2.28. The van der Waals surface area contributed by atoms with E-state index in [0.717, 1.165) is 16.8 Å². The Balaban J connectivity index is 1.28. The van der Waals surface area contributed by atoms with Gasteiger partial charge >= 0.3 is 0 Å². The van der Waals surface area contributed by atoms with Crippen molar-refractivity contribution in [2.75, 3.05) is 18.7 Å². The minimum absolute atomic E-state index is 0.0223. The van der Waals surface area contributed by atoms with Gasteiger partial charge in [0.15, 0.2) is 18.1 Å². The molecule has 0 aliphatic carbocycles. The van der Waals surface area contributed by atoms with Gasteiger partial charge in [0.2, 0.25) is 12.7 Å². The fourth-order valence-corrected chi connectivity index (χ4v) is 2.90. The Kier molecular flexibility index (Phi) is 4.35. The number of fused-ring (bicyclic) bond motifs is 2. The van der Waals surface area contributed by atoms with Gasteiger partial charge in [0.1, 0.15) is 5.75 Å². The van der Waals surface area contributed by atoms with E-state index in [1.807, 2.05) is 24.3 Å². The molecule has 7 heteroatoms. The summed E-state index contributed by atoms with van der Waals surface area (Å²) < 4.78 is 16.1. The summed E-state index contributed by atoms with van der Waals surface area (Å²) >= 11 is 0. The monoisotopic (exact) mass is 354 g/mol. The van der Waals surface area contributed by atoms with Crippen molar-refractivity contribution in [2.24, 2.45) is 0 Å². The van der Waals surface area contributed by atoms with Crippen LogP contribution in [0.15, 0.2) is 36.4 Å². The van der Waals surface area contributed by atoms with Crippen molar-refractivity contribution in [3.8, 4) is 17.2 Å². The van der Waals surface area contributed by atoms with Crippen molar-refractivity contribution >= 4 is 17.5 Å². The Morgan fingerprint density at radius 2 is 2.00 bits per heavy atom. The van der Waals surface area contributed by atoms with Crippen molar-refractivity contribution in [1.29, 1.82) is 0 Å². The maximum Gasteiger partial charge on any atom is 0.258 e. The fourth-order valence-electron chi connectivity index (χ4n) is 2.90. The molecule has 0 bridgehead atoms. The molecule has 0 saturated carbocycles. The Morgan fingerprint density at radius 3 is 2.92 bits per heavy atom. The molecule has 0 fully saturated rings. The van der Waals surface area contributed by atoms with Crippen LogP contribution >= 0.6 is 0 Å². The smallest absolute Gasteiger partial charge is 0.258 e. The number of carbonyl (C=O) groups is 2. The first-order valence-electron chi connectivity index (χ1n) is 8.38. The lowest BCUT2D eigenvalue weighted by Gasteiger charge is -2.17. The number of amides is 2. The Hall–Kier alpha value is -3.22. The summed E-state index contributed by atoms with van der Waals surface area (Å²) in [4.78, 5) is 23.4. The predicted octanol–water partition coefficient (Wildman–Crippen LogP) is 2.00. The topological polar surface area (TPSA) is 85.9 Å². The number of aryl methyl sites for hydroxylation is 1. The molecule has 0 radical (unpaired) electrons. The van der Waals surface area contributed by atoms with Gasteiger partial charge in [0, 0.05) is 18.7 Å². The summed E-state index contributed by atoms with van der Waals surface area (Å²) in [5.41, 5.74) is 2.75. The molecule has 0 aromatic heterocycles. The first kappa shape index (κ1) is 16.3. The van der Waals surface area contributed by atoms with Gasteiger partial charge < -0.3 is 24.8 Å². The summed E-state index contributed by atoms with van der Waals surface area (Å²) in [6, 6.07) is 11.0. The van der Waals surface area contributed by atoms with Crippen molar-refractivity contribution in [3.63, 3.8) is 0 Å². The minimum Gasteiger partial charge on any atom is -0.484 e. The number of hydrogen-bond acceptors (Lipinski definition) is 5. The second-order valence-corrected chi connectivity index (χ2v) is 6.12. The van der Waals surface area contributed by atoms with Crippen LogP contribution in [-0.4, -0.2) is 25.2 Å². The molecule has 4 rings (SSSR count). The molecule has 0 saturated heterocycles. The van der Waals surface area contributed by atoms with Crippen molar-refractivity contribution in [3.05, 3.63) is 47.5 Å². The number of carbonyl (C=O) groups excluding carboxylic acids is 2. The highest BCUT2D eigenvalue weighted by Crippen LogP contribution is 2.32. The zero-order valence-electron chi connectivity index (χ0n) is 14.0. The molecule has 2 N–H and O–H groups in total. The highest BCUT2D eigenvalue weighted by Gasteiger charge is 2.16. The Morgan fingerprint density at radius 1 is 1.12 bits per heavy atom. The summed E-state index contributed by atoms with van der Waals surface area (Å²) in [5, 5.41) is 5.63. The molecule has 134 valence electrons. The van der Waals surface area contributed by atoms with E-state index in [0.29, 0.717) is 36.6 Å². The third-order valence-corrected chi connectivity index (χ3v) is 4.27. The third-order valence-electron chi connectivity index (χ3n) is 4.27. The van der Waals surface area contributed by atoms with Gasteiger partial charge in [-0.05, 0) is 47.9 Å². The first-order valence-corrected chi connectivity index (χ1v) is 8.38. The zero-order chi connectivity index (χ0) is 17.9. The number of anilines is 1. The fraction of sp³-hybridized carbons (Fsp3) is 0.263. The molecule has 2 aromatic rings. The number of benzene rings is 2. The SMILES string of the molecule is O=C(COc1ccc2c(c1)CCC(=O)N2)NCc1ccc2c(c1)OCO2. The van der Waals surface area contributed by atoms with Gasteiger partial charge in [0.25, 0.3) is 5.91 Å². The Bertz CT molecular complexity index is 865. The third kappa shape index (κ3) is 3.56.